The fraction of sp³-hybridized carbons (Fsp3) is 0.300. The minimum absolute atomic E-state index is 0.321. The molecule has 0 spiro atoms. The summed E-state index contributed by atoms with van der Waals surface area (Å²) in [7, 11) is 0. The number of piperidine rings is 1. The zero-order valence-corrected chi connectivity index (χ0v) is 16.8. The van der Waals surface area contributed by atoms with Crippen molar-refractivity contribution in [1.82, 2.24) is 24.9 Å². The van der Waals surface area contributed by atoms with Crippen molar-refractivity contribution in [3.05, 3.63) is 59.0 Å². The molecule has 3 aromatic rings. The molecule has 1 atom stereocenters. The molecule has 1 fully saturated rings. The first-order chi connectivity index (χ1) is 13.6. The summed E-state index contributed by atoms with van der Waals surface area (Å²) in [5, 5.41) is 18.2. The van der Waals surface area contributed by atoms with Gasteiger partial charge in [0.05, 0.1) is 17.3 Å². The van der Waals surface area contributed by atoms with E-state index in [0.29, 0.717) is 13.1 Å². The second-order valence-electron chi connectivity index (χ2n) is 6.92. The standard InChI is InChI=1S/C20H20BrN5O2/c21-16-4-1-5-17(11-16)26-19(14-6-8-22-9-7-14)18(23-24-26)13-25-10-2-3-15(12-25)20(27)28/h1,4-9,11,15H,2-3,10,12-13H2,(H,27,28). The maximum atomic E-state index is 11.4. The van der Waals surface area contributed by atoms with Gasteiger partial charge in [0.2, 0.25) is 0 Å². The van der Waals surface area contributed by atoms with Crippen molar-refractivity contribution in [2.45, 2.75) is 19.4 Å². The minimum Gasteiger partial charge on any atom is -0.481 e. The number of aromatic nitrogens is 4. The molecule has 1 unspecified atom stereocenters. The molecule has 1 saturated heterocycles. The SMILES string of the molecule is O=C(O)C1CCCN(Cc2nnn(-c3cccc(Br)c3)c2-c2ccncc2)C1. The molecule has 1 aromatic carbocycles. The molecule has 1 aliphatic heterocycles. The lowest BCUT2D eigenvalue weighted by atomic mass is 9.98. The van der Waals surface area contributed by atoms with E-state index in [9.17, 15) is 9.90 Å². The van der Waals surface area contributed by atoms with Crippen LogP contribution in [0.3, 0.4) is 0 Å². The first kappa shape index (κ1) is 18.8. The highest BCUT2D eigenvalue weighted by atomic mass is 79.9. The Balaban J connectivity index is 1.71. The fourth-order valence-corrected chi connectivity index (χ4v) is 4.01. The van der Waals surface area contributed by atoms with Crippen molar-refractivity contribution in [1.29, 1.82) is 0 Å². The topological polar surface area (TPSA) is 84.1 Å². The van der Waals surface area contributed by atoms with E-state index in [0.717, 1.165) is 46.5 Å². The quantitative estimate of drug-likeness (QED) is 0.652. The van der Waals surface area contributed by atoms with E-state index < -0.39 is 5.97 Å². The Labute approximate surface area is 171 Å². The lowest BCUT2D eigenvalue weighted by Gasteiger charge is -2.30. The first-order valence-corrected chi connectivity index (χ1v) is 9.97. The molecule has 4 rings (SSSR count). The number of likely N-dealkylation sites (tertiary alicyclic amines) is 1. The van der Waals surface area contributed by atoms with E-state index in [1.165, 1.54) is 0 Å². The summed E-state index contributed by atoms with van der Waals surface area (Å²) >= 11 is 3.51. The van der Waals surface area contributed by atoms with Gasteiger partial charge in [0, 0.05) is 35.5 Å². The van der Waals surface area contributed by atoms with E-state index in [1.54, 1.807) is 12.4 Å². The van der Waals surface area contributed by atoms with E-state index in [2.05, 4.69) is 36.1 Å². The van der Waals surface area contributed by atoms with Crippen molar-refractivity contribution in [2.75, 3.05) is 13.1 Å². The maximum absolute atomic E-state index is 11.4. The van der Waals surface area contributed by atoms with Crippen molar-refractivity contribution in [2.24, 2.45) is 5.92 Å². The highest BCUT2D eigenvalue weighted by molar-refractivity contribution is 9.10. The van der Waals surface area contributed by atoms with Crippen LogP contribution in [0.5, 0.6) is 0 Å². The molecule has 0 amide bonds. The molecule has 7 nitrogen and oxygen atoms in total. The highest BCUT2D eigenvalue weighted by Crippen LogP contribution is 2.28. The molecule has 3 heterocycles. The van der Waals surface area contributed by atoms with Crippen LogP contribution in [0.1, 0.15) is 18.5 Å². The van der Waals surface area contributed by atoms with Gasteiger partial charge in [-0.3, -0.25) is 14.7 Å². The summed E-state index contributed by atoms with van der Waals surface area (Å²) < 4.78 is 2.79. The molecule has 1 aliphatic rings. The Morgan fingerprint density at radius 1 is 1.25 bits per heavy atom. The van der Waals surface area contributed by atoms with Crippen LogP contribution in [0.15, 0.2) is 53.3 Å². The molecule has 0 bridgehead atoms. The van der Waals surface area contributed by atoms with Gasteiger partial charge in [-0.25, -0.2) is 4.68 Å². The number of pyridine rings is 1. The summed E-state index contributed by atoms with van der Waals surface area (Å²) in [5.41, 5.74) is 3.61. The summed E-state index contributed by atoms with van der Waals surface area (Å²) in [6.07, 6.45) is 5.10. The Kier molecular flexibility index (Phi) is 5.50. The summed E-state index contributed by atoms with van der Waals surface area (Å²) in [5.74, 6) is -1.05. The van der Waals surface area contributed by atoms with Gasteiger partial charge in [0.15, 0.2) is 0 Å². The molecule has 28 heavy (non-hydrogen) atoms. The lowest BCUT2D eigenvalue weighted by Crippen LogP contribution is -2.38. The van der Waals surface area contributed by atoms with Gasteiger partial charge >= 0.3 is 5.97 Å². The Morgan fingerprint density at radius 3 is 2.82 bits per heavy atom. The summed E-state index contributed by atoms with van der Waals surface area (Å²) in [6.45, 7) is 1.97. The van der Waals surface area contributed by atoms with Crippen LogP contribution in [-0.4, -0.2) is 49.0 Å². The van der Waals surface area contributed by atoms with Gasteiger partial charge in [0.25, 0.3) is 0 Å². The second-order valence-corrected chi connectivity index (χ2v) is 7.84. The molecular weight excluding hydrogens is 422 g/mol. The Bertz CT molecular complexity index is 976. The van der Waals surface area contributed by atoms with E-state index >= 15 is 0 Å². The van der Waals surface area contributed by atoms with Crippen molar-refractivity contribution in [3.63, 3.8) is 0 Å². The monoisotopic (exact) mass is 441 g/mol. The van der Waals surface area contributed by atoms with Crippen LogP contribution in [0, 0.1) is 5.92 Å². The van der Waals surface area contributed by atoms with Crippen LogP contribution in [0.25, 0.3) is 16.9 Å². The van der Waals surface area contributed by atoms with Gasteiger partial charge in [-0.1, -0.05) is 27.2 Å². The van der Waals surface area contributed by atoms with Crippen molar-refractivity contribution >= 4 is 21.9 Å². The van der Waals surface area contributed by atoms with E-state index in [4.69, 9.17) is 0 Å². The molecule has 144 valence electrons. The first-order valence-electron chi connectivity index (χ1n) is 9.18. The van der Waals surface area contributed by atoms with E-state index in [1.807, 2.05) is 41.1 Å². The third kappa shape index (κ3) is 3.98. The molecule has 1 N–H and O–H groups in total. The van der Waals surface area contributed by atoms with Crippen molar-refractivity contribution < 1.29 is 9.90 Å². The number of carboxylic acids is 1. The number of carbonyl (C=O) groups is 1. The Hall–Kier alpha value is -2.58. The lowest BCUT2D eigenvalue weighted by molar-refractivity contribution is -0.143. The van der Waals surface area contributed by atoms with Gasteiger partial charge < -0.3 is 5.11 Å². The third-order valence-electron chi connectivity index (χ3n) is 4.97. The molecular formula is C20H20BrN5O2. The fourth-order valence-electron chi connectivity index (χ4n) is 3.62. The minimum atomic E-state index is -0.725. The average Bonchev–Trinajstić information content (AvgIpc) is 3.12. The summed E-state index contributed by atoms with van der Waals surface area (Å²) in [4.78, 5) is 17.7. The normalized spacial score (nSPS) is 17.5. The number of carboxylic acid groups (broad SMARTS) is 1. The molecule has 2 aromatic heterocycles. The molecule has 0 aliphatic carbocycles. The largest absolute Gasteiger partial charge is 0.481 e. The summed E-state index contributed by atoms with van der Waals surface area (Å²) in [6, 6.07) is 11.8. The number of halogens is 1. The maximum Gasteiger partial charge on any atom is 0.307 e. The van der Waals surface area contributed by atoms with Crippen LogP contribution in [0.2, 0.25) is 0 Å². The van der Waals surface area contributed by atoms with Crippen LogP contribution in [-0.2, 0) is 11.3 Å². The molecule has 0 saturated carbocycles. The highest BCUT2D eigenvalue weighted by Gasteiger charge is 2.27. The van der Waals surface area contributed by atoms with Crippen LogP contribution < -0.4 is 0 Å². The van der Waals surface area contributed by atoms with Crippen molar-refractivity contribution in [3.8, 4) is 16.9 Å². The number of hydrogen-bond donors (Lipinski definition) is 1. The van der Waals surface area contributed by atoms with E-state index in [-0.39, 0.29) is 5.92 Å². The molecule has 0 radical (unpaired) electrons. The smallest absolute Gasteiger partial charge is 0.307 e. The average molecular weight is 442 g/mol. The van der Waals surface area contributed by atoms with Crippen LogP contribution >= 0.6 is 15.9 Å². The zero-order valence-electron chi connectivity index (χ0n) is 15.2. The van der Waals surface area contributed by atoms with Gasteiger partial charge in [-0.05, 0) is 49.7 Å². The third-order valence-corrected chi connectivity index (χ3v) is 5.47. The predicted molar refractivity (Wildman–Crippen MR) is 108 cm³/mol. The number of aliphatic carboxylic acids is 1. The number of hydrogen-bond acceptors (Lipinski definition) is 5. The van der Waals surface area contributed by atoms with Gasteiger partial charge in [0.1, 0.15) is 5.69 Å². The zero-order chi connectivity index (χ0) is 19.5. The molecule has 8 heteroatoms. The van der Waals surface area contributed by atoms with Gasteiger partial charge in [-0.2, -0.15) is 0 Å². The number of rotatable bonds is 5. The van der Waals surface area contributed by atoms with Gasteiger partial charge in [-0.15, -0.1) is 5.10 Å². The predicted octanol–water partition coefficient (Wildman–Crippen LogP) is 3.39. The number of benzene rings is 1. The van der Waals surface area contributed by atoms with Crippen LogP contribution in [0.4, 0.5) is 0 Å². The Morgan fingerprint density at radius 2 is 2.07 bits per heavy atom. The second kappa shape index (κ2) is 8.20. The number of nitrogens with zero attached hydrogens (tertiary/aromatic N) is 5.